The van der Waals surface area contributed by atoms with Gasteiger partial charge in [0.15, 0.2) is 0 Å². The van der Waals surface area contributed by atoms with Crippen molar-refractivity contribution in [2.75, 3.05) is 20.2 Å². The number of likely N-dealkylation sites (tertiary alicyclic amines) is 1. The maximum absolute atomic E-state index is 11.9. The highest BCUT2D eigenvalue weighted by Crippen LogP contribution is 2.15. The minimum absolute atomic E-state index is 0.364. The number of nitrogens with zero attached hydrogens (tertiary/aromatic N) is 1. The normalized spacial score (nSPS) is 14.4. The molecule has 1 saturated heterocycles. The van der Waals surface area contributed by atoms with E-state index in [1.165, 1.54) is 31.2 Å². The van der Waals surface area contributed by atoms with E-state index in [0.717, 1.165) is 44.5 Å². The van der Waals surface area contributed by atoms with E-state index in [-0.39, 0.29) is 0 Å². The molecule has 0 radical (unpaired) electrons. The van der Waals surface area contributed by atoms with Gasteiger partial charge >= 0.3 is 0 Å². The first-order valence-electron chi connectivity index (χ1n) is 8.20. The molecule has 21 heavy (non-hydrogen) atoms. The van der Waals surface area contributed by atoms with Crippen LogP contribution in [0.2, 0.25) is 0 Å². The predicted octanol–water partition coefficient (Wildman–Crippen LogP) is 3.81. The van der Waals surface area contributed by atoms with E-state index < -0.39 is 0 Å². The van der Waals surface area contributed by atoms with Crippen LogP contribution in [0.5, 0.6) is 5.75 Å². The fourth-order valence-corrected chi connectivity index (χ4v) is 2.88. The Kier molecular flexibility index (Phi) is 6.58. The number of rotatable bonds is 8. The maximum Gasteiger partial charge on any atom is 0.222 e. The van der Waals surface area contributed by atoms with E-state index in [9.17, 15) is 4.79 Å². The summed E-state index contributed by atoms with van der Waals surface area (Å²) in [5, 5.41) is 0. The molecule has 0 N–H and O–H groups in total. The van der Waals surface area contributed by atoms with Gasteiger partial charge in [-0.2, -0.15) is 0 Å². The first-order valence-corrected chi connectivity index (χ1v) is 8.20. The maximum atomic E-state index is 11.9. The number of ether oxygens (including phenoxy) is 1. The quantitative estimate of drug-likeness (QED) is 0.681. The van der Waals surface area contributed by atoms with E-state index >= 15 is 0 Å². The summed E-state index contributed by atoms with van der Waals surface area (Å²) in [5.41, 5.74) is 1.36. The molecule has 1 aromatic rings. The molecule has 1 aliphatic heterocycles. The molecule has 0 bridgehead atoms. The minimum Gasteiger partial charge on any atom is -0.497 e. The molecule has 0 saturated carbocycles. The summed E-state index contributed by atoms with van der Waals surface area (Å²) in [5.74, 6) is 1.28. The molecule has 0 unspecified atom stereocenters. The molecular weight excluding hydrogens is 262 g/mol. The monoisotopic (exact) mass is 289 g/mol. The van der Waals surface area contributed by atoms with Crippen molar-refractivity contribution in [2.45, 2.75) is 51.4 Å². The lowest BCUT2D eigenvalue weighted by molar-refractivity contribution is -0.130. The number of methoxy groups -OCH3 is 1. The summed E-state index contributed by atoms with van der Waals surface area (Å²) < 4.78 is 5.16. The van der Waals surface area contributed by atoms with Gasteiger partial charge in [0, 0.05) is 19.5 Å². The Labute approximate surface area is 128 Å². The molecule has 2 rings (SSSR count). The summed E-state index contributed by atoms with van der Waals surface area (Å²) in [4.78, 5) is 13.9. The zero-order valence-electron chi connectivity index (χ0n) is 13.1. The van der Waals surface area contributed by atoms with Gasteiger partial charge in [0.2, 0.25) is 5.91 Å². The summed E-state index contributed by atoms with van der Waals surface area (Å²) in [6.07, 6.45) is 8.84. The molecule has 1 amide bonds. The van der Waals surface area contributed by atoms with E-state index in [1.54, 1.807) is 7.11 Å². The number of carbonyl (C=O) groups excluding carboxylic acids is 1. The molecule has 1 aromatic carbocycles. The van der Waals surface area contributed by atoms with Gasteiger partial charge in [-0.15, -0.1) is 0 Å². The fraction of sp³-hybridized carbons (Fsp3) is 0.611. The third-order valence-electron chi connectivity index (χ3n) is 4.22. The molecule has 1 heterocycles. The Hall–Kier alpha value is -1.51. The second kappa shape index (κ2) is 8.71. The van der Waals surface area contributed by atoms with Crippen molar-refractivity contribution in [3.8, 4) is 5.75 Å². The van der Waals surface area contributed by atoms with E-state index in [1.807, 2.05) is 17.0 Å². The van der Waals surface area contributed by atoms with E-state index in [0.29, 0.717) is 5.91 Å². The Morgan fingerprint density at radius 2 is 1.71 bits per heavy atom. The first-order chi connectivity index (χ1) is 10.3. The zero-order chi connectivity index (χ0) is 14.9. The van der Waals surface area contributed by atoms with Crippen molar-refractivity contribution in [1.82, 2.24) is 4.90 Å². The fourth-order valence-electron chi connectivity index (χ4n) is 2.88. The van der Waals surface area contributed by atoms with Crippen LogP contribution < -0.4 is 4.74 Å². The molecule has 116 valence electrons. The molecule has 1 fully saturated rings. The van der Waals surface area contributed by atoms with Gasteiger partial charge in [-0.1, -0.05) is 25.0 Å². The van der Waals surface area contributed by atoms with Crippen LogP contribution in [0, 0.1) is 0 Å². The Balaban J connectivity index is 1.52. The molecule has 3 heteroatoms. The van der Waals surface area contributed by atoms with Gasteiger partial charge in [0.05, 0.1) is 7.11 Å². The van der Waals surface area contributed by atoms with Crippen LogP contribution >= 0.6 is 0 Å². The van der Waals surface area contributed by atoms with Gasteiger partial charge in [-0.25, -0.2) is 0 Å². The van der Waals surface area contributed by atoms with Crippen LogP contribution in [-0.4, -0.2) is 31.0 Å². The molecule has 0 aliphatic carbocycles. The number of hydrogen-bond acceptors (Lipinski definition) is 2. The van der Waals surface area contributed by atoms with Crippen molar-refractivity contribution < 1.29 is 9.53 Å². The second-order valence-electron chi connectivity index (χ2n) is 5.85. The topological polar surface area (TPSA) is 29.5 Å². The van der Waals surface area contributed by atoms with Gasteiger partial charge < -0.3 is 9.64 Å². The predicted molar refractivity (Wildman–Crippen MR) is 85.6 cm³/mol. The Morgan fingerprint density at radius 1 is 1.05 bits per heavy atom. The number of amides is 1. The molecule has 0 atom stereocenters. The van der Waals surface area contributed by atoms with Crippen LogP contribution in [0.3, 0.4) is 0 Å². The standard InChI is InChI=1S/C18H27NO2/c1-21-17-12-10-16(11-13-17)8-4-2-3-5-9-18(20)19-14-6-7-15-19/h10-13H,2-9,14-15H2,1H3. The smallest absolute Gasteiger partial charge is 0.222 e. The number of carbonyl (C=O) groups is 1. The van der Waals surface area contributed by atoms with Crippen molar-refractivity contribution >= 4 is 5.91 Å². The van der Waals surface area contributed by atoms with E-state index in [4.69, 9.17) is 4.74 Å². The van der Waals surface area contributed by atoms with Crippen LogP contribution in [-0.2, 0) is 11.2 Å². The third kappa shape index (κ3) is 5.41. The SMILES string of the molecule is COc1ccc(CCCCCCC(=O)N2CCCC2)cc1. The molecule has 0 spiro atoms. The van der Waals surface area contributed by atoms with Gasteiger partial charge in [-0.05, 0) is 49.8 Å². The van der Waals surface area contributed by atoms with Crippen molar-refractivity contribution in [1.29, 1.82) is 0 Å². The number of benzene rings is 1. The van der Waals surface area contributed by atoms with Crippen LogP contribution in [0.25, 0.3) is 0 Å². The van der Waals surface area contributed by atoms with Gasteiger partial charge in [-0.3, -0.25) is 4.79 Å². The molecule has 3 nitrogen and oxygen atoms in total. The lowest BCUT2D eigenvalue weighted by Gasteiger charge is -2.14. The van der Waals surface area contributed by atoms with Crippen molar-refractivity contribution in [3.05, 3.63) is 29.8 Å². The summed E-state index contributed by atoms with van der Waals surface area (Å²) in [6, 6.07) is 8.31. The van der Waals surface area contributed by atoms with Crippen molar-refractivity contribution in [3.63, 3.8) is 0 Å². The van der Waals surface area contributed by atoms with Crippen LogP contribution in [0.15, 0.2) is 24.3 Å². The molecule has 1 aliphatic rings. The molecule has 0 aromatic heterocycles. The Bertz CT molecular complexity index is 421. The van der Waals surface area contributed by atoms with Crippen LogP contribution in [0.4, 0.5) is 0 Å². The summed E-state index contributed by atoms with van der Waals surface area (Å²) in [6.45, 7) is 1.96. The van der Waals surface area contributed by atoms with E-state index in [2.05, 4.69) is 12.1 Å². The average molecular weight is 289 g/mol. The summed E-state index contributed by atoms with van der Waals surface area (Å²) in [7, 11) is 1.69. The van der Waals surface area contributed by atoms with Crippen molar-refractivity contribution in [2.24, 2.45) is 0 Å². The number of hydrogen-bond donors (Lipinski definition) is 0. The third-order valence-corrected chi connectivity index (χ3v) is 4.22. The highest BCUT2D eigenvalue weighted by Gasteiger charge is 2.16. The van der Waals surface area contributed by atoms with Crippen LogP contribution in [0.1, 0.15) is 50.5 Å². The summed E-state index contributed by atoms with van der Waals surface area (Å²) >= 11 is 0. The lowest BCUT2D eigenvalue weighted by Crippen LogP contribution is -2.27. The lowest BCUT2D eigenvalue weighted by atomic mass is 10.1. The number of unbranched alkanes of at least 4 members (excludes halogenated alkanes) is 3. The van der Waals surface area contributed by atoms with Gasteiger partial charge in [0.25, 0.3) is 0 Å². The highest BCUT2D eigenvalue weighted by molar-refractivity contribution is 5.76. The zero-order valence-corrected chi connectivity index (χ0v) is 13.1. The molecular formula is C18H27NO2. The Morgan fingerprint density at radius 3 is 2.38 bits per heavy atom. The first kappa shape index (κ1) is 15.9. The average Bonchev–Trinajstić information content (AvgIpc) is 3.05. The highest BCUT2D eigenvalue weighted by atomic mass is 16.5. The number of aryl methyl sites for hydroxylation is 1. The largest absolute Gasteiger partial charge is 0.497 e. The second-order valence-corrected chi connectivity index (χ2v) is 5.85. The van der Waals surface area contributed by atoms with Gasteiger partial charge in [0.1, 0.15) is 5.75 Å². The minimum atomic E-state index is 0.364.